The predicted molar refractivity (Wildman–Crippen MR) is 112 cm³/mol. The molecule has 0 aliphatic carbocycles. The molecule has 1 N–H and O–H groups in total. The first-order valence-electron chi connectivity index (χ1n) is 7.27. The maximum Gasteiger partial charge on any atom is 0.190 e. The van der Waals surface area contributed by atoms with Crippen LogP contribution >= 0.6 is 57.4 Å². The third-order valence-corrected chi connectivity index (χ3v) is 8.01. The molecule has 5 aromatic rings. The van der Waals surface area contributed by atoms with Gasteiger partial charge in [-0.15, -0.1) is 11.3 Å². The molecule has 124 valence electrons. The Labute approximate surface area is 163 Å². The fourth-order valence-corrected chi connectivity index (χ4v) is 6.40. The molecule has 5 rings (SSSR count). The molecule has 3 heterocycles. The molecule has 0 bridgehead atoms. The van der Waals surface area contributed by atoms with Crippen molar-refractivity contribution in [3.8, 4) is 0 Å². The number of hydrogen-bond acceptors (Lipinski definition) is 8. The summed E-state index contributed by atoms with van der Waals surface area (Å²) in [5.74, 6) is 0. The topological polar surface area (TPSA) is 50.7 Å². The highest BCUT2D eigenvalue weighted by Crippen LogP contribution is 2.39. The molecule has 4 nitrogen and oxygen atoms in total. The van der Waals surface area contributed by atoms with Crippen molar-refractivity contribution in [1.29, 1.82) is 0 Å². The summed E-state index contributed by atoms with van der Waals surface area (Å²) in [5.41, 5.74) is 2.96. The first kappa shape index (κ1) is 15.8. The molecular formula is C16H9ClN4S4. The van der Waals surface area contributed by atoms with Crippen molar-refractivity contribution in [1.82, 2.24) is 15.0 Å². The number of hydrogen-bond donors (Lipinski definition) is 1. The molecule has 9 heteroatoms. The summed E-state index contributed by atoms with van der Waals surface area (Å²) in [4.78, 5) is 13.9. The Kier molecular flexibility index (Phi) is 3.83. The van der Waals surface area contributed by atoms with Crippen molar-refractivity contribution in [3.63, 3.8) is 0 Å². The molecule has 0 spiro atoms. The number of anilines is 2. The van der Waals surface area contributed by atoms with Crippen LogP contribution in [-0.4, -0.2) is 21.2 Å². The normalized spacial score (nSPS) is 11.8. The van der Waals surface area contributed by atoms with Crippen LogP contribution in [-0.2, 0) is 0 Å². The number of rotatable bonds is 3. The molecule has 0 fully saturated rings. The third kappa shape index (κ3) is 2.78. The van der Waals surface area contributed by atoms with Crippen LogP contribution in [0.2, 0.25) is 5.02 Å². The van der Waals surface area contributed by atoms with Gasteiger partial charge in [0.2, 0.25) is 0 Å². The van der Waals surface area contributed by atoms with E-state index in [4.69, 9.17) is 16.6 Å². The minimum atomic E-state index is 0.722. The number of nitrogens with zero attached hydrogens (tertiary/aromatic N) is 3. The van der Waals surface area contributed by atoms with Crippen molar-refractivity contribution < 1.29 is 0 Å². The lowest BCUT2D eigenvalue weighted by molar-refractivity contribution is 1.31. The standard InChI is InChI=1S/C16H9ClN4S4/c1-22-16-20-10-5-4-9-12(13(10)25-16)24-15(19-9)21-14-18-8-3-2-7(17)6-11(8)23-14/h2-6H,1H3,(H,18,19,21). The van der Waals surface area contributed by atoms with Gasteiger partial charge in [-0.1, -0.05) is 46.0 Å². The lowest BCUT2D eigenvalue weighted by atomic mass is 10.3. The lowest BCUT2D eigenvalue weighted by Gasteiger charge is -1.93. The molecule has 0 saturated heterocycles. The molecule has 25 heavy (non-hydrogen) atoms. The highest BCUT2D eigenvalue weighted by molar-refractivity contribution is 8.00. The largest absolute Gasteiger partial charge is 0.307 e. The number of fused-ring (bicyclic) bond motifs is 4. The second-order valence-corrected chi connectivity index (χ2v) is 9.74. The lowest BCUT2D eigenvalue weighted by Crippen LogP contribution is -1.86. The van der Waals surface area contributed by atoms with Crippen LogP contribution < -0.4 is 5.32 Å². The van der Waals surface area contributed by atoms with E-state index in [0.717, 1.165) is 40.9 Å². The first-order valence-corrected chi connectivity index (χ1v) is 11.3. The summed E-state index contributed by atoms with van der Waals surface area (Å²) < 4.78 is 4.50. The average molecular weight is 421 g/mol. The summed E-state index contributed by atoms with van der Waals surface area (Å²) in [6.07, 6.45) is 2.05. The summed E-state index contributed by atoms with van der Waals surface area (Å²) in [6.45, 7) is 0. The summed E-state index contributed by atoms with van der Waals surface area (Å²) in [7, 11) is 0. The van der Waals surface area contributed by atoms with Gasteiger partial charge in [-0.2, -0.15) is 0 Å². The molecule has 0 aliphatic rings. The molecular weight excluding hydrogens is 412 g/mol. The van der Waals surface area contributed by atoms with Gasteiger partial charge in [-0.3, -0.25) is 0 Å². The van der Waals surface area contributed by atoms with E-state index in [-0.39, 0.29) is 0 Å². The Morgan fingerprint density at radius 2 is 1.56 bits per heavy atom. The first-order chi connectivity index (χ1) is 12.2. The van der Waals surface area contributed by atoms with E-state index >= 15 is 0 Å². The molecule has 0 unspecified atom stereocenters. The number of halogens is 1. The monoisotopic (exact) mass is 420 g/mol. The summed E-state index contributed by atoms with van der Waals surface area (Å²) >= 11 is 12.7. The highest BCUT2D eigenvalue weighted by atomic mass is 35.5. The number of nitrogens with one attached hydrogen (secondary N) is 1. The van der Waals surface area contributed by atoms with Crippen molar-refractivity contribution in [2.24, 2.45) is 0 Å². The van der Waals surface area contributed by atoms with Crippen LogP contribution in [0.5, 0.6) is 0 Å². The van der Waals surface area contributed by atoms with Gasteiger partial charge >= 0.3 is 0 Å². The summed E-state index contributed by atoms with van der Waals surface area (Å²) in [6, 6.07) is 9.79. The second kappa shape index (κ2) is 6.07. The molecule has 0 radical (unpaired) electrons. The van der Waals surface area contributed by atoms with Crippen LogP contribution in [0.1, 0.15) is 0 Å². The van der Waals surface area contributed by atoms with Gasteiger partial charge in [0.05, 0.1) is 30.6 Å². The molecule has 0 aliphatic heterocycles. The van der Waals surface area contributed by atoms with Crippen molar-refractivity contribution in [2.45, 2.75) is 4.34 Å². The minimum Gasteiger partial charge on any atom is -0.307 e. The van der Waals surface area contributed by atoms with Gasteiger partial charge in [0.25, 0.3) is 0 Å². The highest BCUT2D eigenvalue weighted by Gasteiger charge is 2.13. The minimum absolute atomic E-state index is 0.722. The quantitative estimate of drug-likeness (QED) is 0.332. The maximum atomic E-state index is 6.05. The number of benzene rings is 2. The smallest absolute Gasteiger partial charge is 0.190 e. The number of thioether (sulfide) groups is 1. The van der Waals surface area contributed by atoms with Gasteiger partial charge in [0.1, 0.15) is 0 Å². The van der Waals surface area contributed by atoms with Gasteiger partial charge in [-0.05, 0) is 36.6 Å². The van der Waals surface area contributed by atoms with Crippen LogP contribution in [0, 0.1) is 0 Å². The third-order valence-electron chi connectivity index (χ3n) is 3.63. The Morgan fingerprint density at radius 1 is 0.880 bits per heavy atom. The van der Waals surface area contributed by atoms with Gasteiger partial charge < -0.3 is 5.32 Å². The average Bonchev–Trinajstić information content (AvgIpc) is 3.28. The van der Waals surface area contributed by atoms with Crippen LogP contribution in [0.3, 0.4) is 0 Å². The van der Waals surface area contributed by atoms with E-state index in [2.05, 4.69) is 15.3 Å². The maximum absolute atomic E-state index is 6.05. The Morgan fingerprint density at radius 3 is 2.40 bits per heavy atom. The summed E-state index contributed by atoms with van der Waals surface area (Å²) in [5, 5.41) is 5.72. The van der Waals surface area contributed by atoms with E-state index in [1.165, 1.54) is 9.40 Å². The Hall–Kier alpha value is -1.45. The fraction of sp³-hybridized carbons (Fsp3) is 0.0625. The Balaban J connectivity index is 1.57. The second-order valence-electron chi connectivity index (χ2n) is 5.22. The predicted octanol–water partition coefficient (Wildman–Crippen LogP) is 6.63. The zero-order chi connectivity index (χ0) is 17.0. The van der Waals surface area contributed by atoms with E-state index in [1.54, 1.807) is 45.8 Å². The molecule has 0 atom stereocenters. The zero-order valence-electron chi connectivity index (χ0n) is 12.7. The van der Waals surface area contributed by atoms with E-state index in [9.17, 15) is 0 Å². The van der Waals surface area contributed by atoms with Crippen LogP contribution in [0.15, 0.2) is 34.7 Å². The molecule has 0 saturated carbocycles. The van der Waals surface area contributed by atoms with E-state index < -0.39 is 0 Å². The zero-order valence-corrected chi connectivity index (χ0v) is 16.8. The SMILES string of the molecule is CSc1nc2ccc3nc(Nc4nc5ccc(Cl)cc5s4)sc3c2s1. The van der Waals surface area contributed by atoms with Gasteiger partial charge in [-0.25, -0.2) is 15.0 Å². The number of thiazole rings is 3. The van der Waals surface area contributed by atoms with Crippen molar-refractivity contribution in [3.05, 3.63) is 35.4 Å². The fourth-order valence-electron chi connectivity index (χ4n) is 2.54. The van der Waals surface area contributed by atoms with Gasteiger partial charge in [0.15, 0.2) is 14.6 Å². The Bertz CT molecular complexity index is 1240. The van der Waals surface area contributed by atoms with Crippen LogP contribution in [0.4, 0.5) is 10.3 Å². The van der Waals surface area contributed by atoms with Gasteiger partial charge in [0, 0.05) is 5.02 Å². The van der Waals surface area contributed by atoms with Crippen LogP contribution in [0.25, 0.3) is 30.6 Å². The molecule has 3 aromatic heterocycles. The van der Waals surface area contributed by atoms with E-state index in [0.29, 0.717) is 0 Å². The molecule has 2 aromatic carbocycles. The van der Waals surface area contributed by atoms with Crippen molar-refractivity contribution >= 4 is 98.3 Å². The van der Waals surface area contributed by atoms with Crippen molar-refractivity contribution in [2.75, 3.05) is 11.6 Å². The van der Waals surface area contributed by atoms with E-state index in [1.807, 2.05) is 36.6 Å². The number of aromatic nitrogens is 3. The molecule has 0 amide bonds.